The predicted octanol–water partition coefficient (Wildman–Crippen LogP) is 8.99. The summed E-state index contributed by atoms with van der Waals surface area (Å²) >= 11 is -1.69. The van der Waals surface area contributed by atoms with E-state index in [0.717, 1.165) is 43.9 Å². The number of benzene rings is 6. The average Bonchev–Trinajstić information content (AvgIpc) is 4.30. The number of hydrogen-bond donors (Lipinski definition) is 3. The van der Waals surface area contributed by atoms with Crippen molar-refractivity contribution >= 4 is 107 Å². The van der Waals surface area contributed by atoms with Crippen molar-refractivity contribution in [1.82, 2.24) is 13.7 Å². The molecule has 24 heteroatoms. The van der Waals surface area contributed by atoms with E-state index in [9.17, 15) is 19.5 Å². The van der Waals surface area contributed by atoms with Gasteiger partial charge in [-0.25, -0.2) is 4.21 Å². The summed E-state index contributed by atoms with van der Waals surface area (Å²) in [5.41, 5.74) is 36.0. The van der Waals surface area contributed by atoms with Gasteiger partial charge in [-0.15, -0.1) is 0 Å². The van der Waals surface area contributed by atoms with Crippen molar-refractivity contribution in [2.24, 2.45) is 5.11 Å². The van der Waals surface area contributed by atoms with Crippen LogP contribution in [0.2, 0.25) is 0 Å². The van der Waals surface area contributed by atoms with E-state index >= 15 is 0 Å². The molecule has 19 nitrogen and oxygen atoms in total. The number of aryl methyl sites for hydroxylation is 6. The Morgan fingerprint density at radius 1 is 0.519 bits per heavy atom. The largest absolute Gasteiger partial charge is 1.00 e. The number of azide groups is 1. The van der Waals surface area contributed by atoms with Crippen molar-refractivity contribution in [3.8, 4) is 0 Å². The maximum absolute atomic E-state index is 11.7. The van der Waals surface area contributed by atoms with Gasteiger partial charge in [0.05, 0.1) is 69.9 Å². The Balaban J connectivity index is 0.000000150. The zero-order valence-electron chi connectivity index (χ0n) is 45.6. The summed E-state index contributed by atoms with van der Waals surface area (Å²) < 4.78 is 55.2. The van der Waals surface area contributed by atoms with Crippen molar-refractivity contribution in [2.45, 2.75) is 96.2 Å². The van der Waals surface area contributed by atoms with Crippen molar-refractivity contribution in [3.63, 3.8) is 0 Å². The Bertz CT molecular complexity index is 3720. The van der Waals surface area contributed by atoms with E-state index in [-0.39, 0.29) is 73.1 Å². The minimum atomic E-state index is -1.69. The third-order valence-electron chi connectivity index (χ3n) is 15.0. The van der Waals surface area contributed by atoms with Crippen LogP contribution in [0.5, 0.6) is 0 Å². The quantitative estimate of drug-likeness (QED) is 0.0495. The Labute approximate surface area is 503 Å². The molecule has 6 aromatic carbocycles. The first kappa shape index (κ1) is 62.0. The zero-order chi connectivity index (χ0) is 57.1. The predicted molar refractivity (Wildman–Crippen MR) is 315 cm³/mol. The van der Waals surface area contributed by atoms with Crippen molar-refractivity contribution in [3.05, 3.63) is 169 Å². The van der Waals surface area contributed by atoms with Crippen molar-refractivity contribution < 1.29 is 75.9 Å². The molecule has 0 aliphatic carbocycles. The molecule has 4 fully saturated rings. The first-order valence-electron chi connectivity index (χ1n) is 25.8. The monoisotopic (exact) mass is 1190 g/mol. The second-order valence-corrected chi connectivity index (χ2v) is 23.9. The average molecular weight is 1190 g/mol. The van der Waals surface area contributed by atoms with Crippen LogP contribution >= 0.6 is 21.4 Å². The summed E-state index contributed by atoms with van der Waals surface area (Å²) in [6, 6.07) is 37.1. The second-order valence-electron chi connectivity index (χ2n) is 20.5. The number of ether oxygens (including phenoxy) is 3. The van der Waals surface area contributed by atoms with Gasteiger partial charge in [0.2, 0.25) is 9.23 Å². The molecule has 13 rings (SSSR count). The topological polar surface area (TPSA) is 263 Å². The van der Waals surface area contributed by atoms with Gasteiger partial charge in [0.25, 0.3) is 0 Å². The summed E-state index contributed by atoms with van der Waals surface area (Å²) in [6.07, 6.45) is -3.02. The summed E-state index contributed by atoms with van der Waals surface area (Å²) in [6.45, 7) is 14.7. The van der Waals surface area contributed by atoms with Crippen LogP contribution in [0.3, 0.4) is 0 Å². The molecule has 0 spiro atoms. The third kappa shape index (κ3) is 13.2. The molecule has 0 saturated carbocycles. The molecule has 1 unspecified atom stereocenters. The van der Waals surface area contributed by atoms with Gasteiger partial charge < -0.3 is 54.3 Å². The fourth-order valence-corrected chi connectivity index (χ4v) is 12.3. The third-order valence-corrected chi connectivity index (χ3v) is 15.8. The second kappa shape index (κ2) is 27.1. The van der Waals surface area contributed by atoms with Gasteiger partial charge in [-0.1, -0.05) is 74.9 Å². The van der Waals surface area contributed by atoms with Gasteiger partial charge in [-0.2, -0.15) is 4.21 Å². The SMILES string of the molecule is Cc1ccc2c(c1)c1cc(C)ccc1n2[C@H]1COC[C@@H](N=[N+]=[N-])[C@@H]1O.Cc1ccc2c(c1)c1cc(C)ccc1n2[C@H]1COC[C@@H]2OS(=O)O[C@@H]21.Cc1ccc2c(c1)c1cc(C)ccc1n2[C@H]1COC[C@H](O)[C@@H]1O.O=S(Cl)Cl.[N-]=[N+]=[N-].[Na+]. The van der Waals surface area contributed by atoms with E-state index < -0.39 is 44.9 Å². The fraction of sp³-hybridized carbons (Fsp3) is 0.368. The van der Waals surface area contributed by atoms with E-state index in [4.69, 9.17) is 43.4 Å². The molecule has 3 N–H and O–H groups in total. The minimum absolute atomic E-state index is 0. The van der Waals surface area contributed by atoms with E-state index in [0.29, 0.717) is 26.4 Å². The summed E-state index contributed by atoms with van der Waals surface area (Å²) in [7, 11) is 7.36. The molecule has 3 aromatic heterocycles. The molecule has 7 heterocycles. The smallest absolute Gasteiger partial charge is 0.390 e. The number of fused-ring (bicyclic) bond motifs is 10. The van der Waals surface area contributed by atoms with Crippen LogP contribution in [-0.4, -0.2) is 114 Å². The van der Waals surface area contributed by atoms with Crippen LogP contribution in [0.15, 0.2) is 114 Å². The maximum atomic E-state index is 11.7. The van der Waals surface area contributed by atoms with E-state index in [1.807, 2.05) is 0 Å². The van der Waals surface area contributed by atoms with Gasteiger partial charge in [0, 0.05) is 91.7 Å². The Morgan fingerprint density at radius 2 is 0.827 bits per heavy atom. The van der Waals surface area contributed by atoms with Crippen LogP contribution in [0, 0.1) is 41.5 Å². The Hall–Kier alpha value is -5.10. The number of aliphatic hydroxyl groups is 3. The molecule has 0 bridgehead atoms. The number of nitrogens with zero attached hydrogens (tertiary/aromatic N) is 9. The fourth-order valence-electron chi connectivity index (χ4n) is 11.5. The number of aromatic nitrogens is 3. The number of aliphatic hydroxyl groups excluding tert-OH is 3. The van der Waals surface area contributed by atoms with Gasteiger partial charge in [-0.05, 0) is 120 Å². The first-order chi connectivity index (χ1) is 38.4. The van der Waals surface area contributed by atoms with Crippen molar-refractivity contribution in [1.29, 1.82) is 0 Å². The molecular formula is C57H60Cl2N9NaO10S2. The number of halogens is 2. The molecule has 0 radical (unpaired) electrons. The standard InChI is InChI=1S/C19H20N4O2.C19H19NO4S.C19H21NO3.Cl2OS.N3.Na/c1-11-3-5-16-13(7-11)14-8-12(2)4-6-17(14)23(16)18-10-25-9-15(19(18)24)21-22-20;1-11-3-5-15-13(7-11)14-8-12(2)4-6-16(14)20(15)17-9-22-10-18-19(17)24-25(21)23-18;1-11-3-5-15-13(7-11)14-8-12(2)4-6-16(14)20(15)17-9-23-10-18(21)19(17)22;1-4(2)3;1-3-2;/h3-8,15,18-19,24H,9-10H2,1-2H3;3-8,17-19H,9-10H2,1-2H3;3-8,17-19,21-22H,9-10H2,1-2H3;;;/q;;;;-1;+1/t15-,18+,19+;17-,18-,19+,25?;17-,18-,19+;;;/m100.../s1. The summed E-state index contributed by atoms with van der Waals surface area (Å²) in [4.78, 5) is 4.35. The van der Waals surface area contributed by atoms with E-state index in [1.54, 1.807) is 0 Å². The Kier molecular flexibility index (Phi) is 20.7. The molecular weight excluding hydrogens is 1130 g/mol. The van der Waals surface area contributed by atoms with Crippen LogP contribution in [0.4, 0.5) is 0 Å². The molecule has 4 saturated heterocycles. The van der Waals surface area contributed by atoms with Gasteiger partial charge in [0.15, 0.2) is 0 Å². The van der Waals surface area contributed by atoms with Gasteiger partial charge >= 0.3 is 40.9 Å². The van der Waals surface area contributed by atoms with Gasteiger partial charge in [0.1, 0.15) is 24.4 Å². The number of hydrogen-bond acceptors (Lipinski definition) is 11. The molecule has 10 atom stereocenters. The van der Waals surface area contributed by atoms with Crippen LogP contribution in [-0.2, 0) is 43.2 Å². The zero-order valence-corrected chi connectivity index (χ0v) is 50.8. The molecule has 420 valence electrons. The summed E-state index contributed by atoms with van der Waals surface area (Å²) in [5.74, 6) is 0. The first-order valence-corrected chi connectivity index (χ1v) is 29.6. The van der Waals surface area contributed by atoms with Crippen LogP contribution in [0.1, 0.15) is 51.5 Å². The van der Waals surface area contributed by atoms with Crippen LogP contribution < -0.4 is 29.6 Å². The maximum Gasteiger partial charge on any atom is 1.00 e. The molecule has 0 amide bonds. The molecule has 4 aliphatic heterocycles. The Morgan fingerprint density at radius 3 is 1.19 bits per heavy atom. The minimum Gasteiger partial charge on any atom is -0.390 e. The van der Waals surface area contributed by atoms with E-state index in [2.05, 4.69) is 196 Å². The number of rotatable bonds is 4. The van der Waals surface area contributed by atoms with Gasteiger partial charge in [-0.3, -0.25) is 13.3 Å². The van der Waals surface area contributed by atoms with Crippen LogP contribution in [0.25, 0.3) is 91.8 Å². The molecule has 4 aliphatic rings. The molecule has 9 aromatic rings. The van der Waals surface area contributed by atoms with Crippen molar-refractivity contribution in [2.75, 3.05) is 39.6 Å². The van der Waals surface area contributed by atoms with E-state index in [1.165, 1.54) is 59.8 Å². The molecule has 81 heavy (non-hydrogen) atoms. The summed E-state index contributed by atoms with van der Waals surface area (Å²) in [5, 5.41) is 42.1. The normalized spacial score (nSPS) is 24.1.